The van der Waals surface area contributed by atoms with Crippen LogP contribution in [0.2, 0.25) is 0 Å². The first kappa shape index (κ1) is 27.3. The van der Waals surface area contributed by atoms with E-state index in [4.69, 9.17) is 0 Å². The molecule has 0 amide bonds. The summed E-state index contributed by atoms with van der Waals surface area (Å²) in [6.07, 6.45) is 0. The molecular formula is C30H33BrGeO3. The first-order valence-corrected chi connectivity index (χ1v) is 19.8. The van der Waals surface area contributed by atoms with Crippen molar-refractivity contribution in [1.82, 2.24) is 0 Å². The molecule has 0 radical (unpaired) electrons. The Morgan fingerprint density at radius 3 is 0.800 bits per heavy atom. The van der Waals surface area contributed by atoms with Crippen molar-refractivity contribution in [2.24, 2.45) is 0 Å². The van der Waals surface area contributed by atoms with Crippen LogP contribution in [0, 0.1) is 62.3 Å². The molecule has 0 unspecified atom stereocenters. The zero-order valence-electron chi connectivity index (χ0n) is 22.1. The van der Waals surface area contributed by atoms with Crippen molar-refractivity contribution in [3.05, 3.63) is 103 Å². The Morgan fingerprint density at radius 2 is 0.629 bits per heavy atom. The molecular weight excluding hydrogens is 561 g/mol. The number of carbonyl (C=O) groups is 3. The van der Waals surface area contributed by atoms with Crippen LogP contribution in [0.5, 0.6) is 0 Å². The zero-order valence-corrected chi connectivity index (χ0v) is 25.8. The van der Waals surface area contributed by atoms with Gasteiger partial charge in [0.1, 0.15) is 0 Å². The van der Waals surface area contributed by atoms with Crippen molar-refractivity contribution in [2.75, 3.05) is 0 Å². The number of benzene rings is 3. The molecule has 0 N–H and O–H groups in total. The minimum absolute atomic E-state index is 0.339. The Balaban J connectivity index is 2.37. The molecule has 0 atom stereocenters. The number of rotatable bonds is 6. The van der Waals surface area contributed by atoms with Crippen molar-refractivity contribution in [2.45, 2.75) is 62.3 Å². The fourth-order valence-corrected chi connectivity index (χ4v) is 14.5. The van der Waals surface area contributed by atoms with E-state index in [2.05, 4.69) is 14.0 Å². The van der Waals surface area contributed by atoms with E-state index >= 15 is 0 Å². The van der Waals surface area contributed by atoms with Crippen LogP contribution < -0.4 is 0 Å². The summed E-state index contributed by atoms with van der Waals surface area (Å²) in [6, 6.07) is 11.6. The van der Waals surface area contributed by atoms with E-state index in [0.29, 0.717) is 16.7 Å². The SMILES string of the molecule is Cc1cc(C)c([C](=O)[Ge]([Br])([C](=O)c2c(C)cc(C)cc2C)[C](=O)c2c(C)cc(C)cc2C)c(C)c1. The van der Waals surface area contributed by atoms with Crippen LogP contribution in [0.25, 0.3) is 0 Å². The van der Waals surface area contributed by atoms with Gasteiger partial charge in [-0.15, -0.1) is 0 Å². The third-order valence-electron chi connectivity index (χ3n) is 6.65. The summed E-state index contributed by atoms with van der Waals surface area (Å²) < 4.78 is -1.02. The van der Waals surface area contributed by atoms with E-state index in [1.54, 1.807) is 0 Å². The van der Waals surface area contributed by atoms with Gasteiger partial charge < -0.3 is 0 Å². The molecule has 0 heterocycles. The fourth-order valence-electron chi connectivity index (χ4n) is 5.44. The quantitative estimate of drug-likeness (QED) is 0.280. The molecule has 0 aliphatic carbocycles. The Kier molecular flexibility index (Phi) is 7.78. The van der Waals surface area contributed by atoms with Gasteiger partial charge in [0.2, 0.25) is 0 Å². The maximum atomic E-state index is 14.4. The molecule has 3 rings (SSSR count). The van der Waals surface area contributed by atoms with Gasteiger partial charge in [0, 0.05) is 0 Å². The van der Waals surface area contributed by atoms with E-state index in [-0.39, 0.29) is 13.8 Å². The number of hydrogen-bond donors (Lipinski definition) is 0. The van der Waals surface area contributed by atoms with Crippen molar-refractivity contribution >= 4 is 39.3 Å². The van der Waals surface area contributed by atoms with Gasteiger partial charge in [-0.1, -0.05) is 0 Å². The average molecular weight is 594 g/mol. The monoisotopic (exact) mass is 594 g/mol. The normalized spacial score (nSPS) is 11.5. The van der Waals surface area contributed by atoms with E-state index in [9.17, 15) is 14.4 Å². The Labute approximate surface area is 218 Å². The average Bonchev–Trinajstić information content (AvgIpc) is 2.70. The van der Waals surface area contributed by atoms with Crippen LogP contribution in [-0.2, 0) is 0 Å². The van der Waals surface area contributed by atoms with E-state index in [0.717, 1.165) is 50.1 Å². The Hall–Kier alpha value is -2.31. The second-order valence-electron chi connectivity index (χ2n) is 9.97. The molecule has 0 bridgehead atoms. The third kappa shape index (κ3) is 4.88. The fraction of sp³-hybridized carbons (Fsp3) is 0.300. The predicted molar refractivity (Wildman–Crippen MR) is 150 cm³/mol. The van der Waals surface area contributed by atoms with Gasteiger partial charge in [-0.25, -0.2) is 0 Å². The van der Waals surface area contributed by atoms with E-state index < -0.39 is 11.4 Å². The second kappa shape index (κ2) is 9.98. The molecule has 0 aliphatic rings. The number of carbonyl (C=O) groups excluding carboxylic acids is 3. The summed E-state index contributed by atoms with van der Waals surface area (Å²) >= 11 is -1.15. The van der Waals surface area contributed by atoms with Gasteiger partial charge >= 0.3 is 219 Å². The van der Waals surface area contributed by atoms with Crippen molar-refractivity contribution in [1.29, 1.82) is 0 Å². The third-order valence-corrected chi connectivity index (χ3v) is 17.8. The molecule has 5 heteroatoms. The van der Waals surface area contributed by atoms with Crippen LogP contribution >= 0.6 is 14.0 Å². The molecule has 182 valence electrons. The van der Waals surface area contributed by atoms with Crippen LogP contribution in [0.1, 0.15) is 81.1 Å². The summed E-state index contributed by atoms with van der Waals surface area (Å²) in [4.78, 5) is 43.3. The molecule has 35 heavy (non-hydrogen) atoms. The number of aryl methyl sites for hydroxylation is 9. The number of halogens is 1. The van der Waals surface area contributed by atoms with Gasteiger partial charge in [-0.2, -0.15) is 0 Å². The van der Waals surface area contributed by atoms with Crippen molar-refractivity contribution in [3.8, 4) is 0 Å². The van der Waals surface area contributed by atoms with Gasteiger partial charge in [0.05, 0.1) is 0 Å². The Morgan fingerprint density at radius 1 is 0.457 bits per heavy atom. The van der Waals surface area contributed by atoms with Crippen LogP contribution in [0.3, 0.4) is 0 Å². The molecule has 0 fully saturated rings. The van der Waals surface area contributed by atoms with Gasteiger partial charge in [0.15, 0.2) is 0 Å². The van der Waals surface area contributed by atoms with E-state index in [1.165, 1.54) is 0 Å². The van der Waals surface area contributed by atoms with Crippen LogP contribution in [0.15, 0.2) is 36.4 Å². The van der Waals surface area contributed by atoms with Gasteiger partial charge in [0.25, 0.3) is 0 Å². The summed E-state index contributed by atoms with van der Waals surface area (Å²) in [5, 5.41) is 0. The zero-order chi connectivity index (χ0) is 26.4. The van der Waals surface area contributed by atoms with Crippen LogP contribution in [0.4, 0.5) is 0 Å². The maximum absolute atomic E-state index is 14.4. The topological polar surface area (TPSA) is 51.2 Å². The van der Waals surface area contributed by atoms with Gasteiger partial charge in [-0.05, 0) is 0 Å². The van der Waals surface area contributed by atoms with Crippen molar-refractivity contribution in [3.63, 3.8) is 0 Å². The summed E-state index contributed by atoms with van der Waals surface area (Å²) in [7, 11) is 0. The summed E-state index contributed by atoms with van der Waals surface area (Å²) in [5.74, 6) is 0. The van der Waals surface area contributed by atoms with Gasteiger partial charge in [-0.3, -0.25) is 0 Å². The summed E-state index contributed by atoms with van der Waals surface area (Å²) in [6.45, 7) is 17.2. The molecule has 3 aromatic carbocycles. The van der Waals surface area contributed by atoms with Crippen molar-refractivity contribution < 1.29 is 14.4 Å². The second-order valence-corrected chi connectivity index (χ2v) is 21.8. The summed E-state index contributed by atoms with van der Waals surface area (Å²) in [5.41, 5.74) is 9.31. The van der Waals surface area contributed by atoms with Crippen LogP contribution in [-0.4, -0.2) is 25.3 Å². The molecule has 0 aromatic heterocycles. The first-order valence-electron chi connectivity index (χ1n) is 11.8. The Bertz CT molecular complexity index is 1160. The molecule has 3 aromatic rings. The molecule has 0 saturated heterocycles. The number of hydrogen-bond acceptors (Lipinski definition) is 3. The predicted octanol–water partition coefficient (Wildman–Crippen LogP) is 7.37. The molecule has 3 nitrogen and oxygen atoms in total. The standard InChI is InChI=1S/C30H33BrGeO3/c1-16-10-19(4)25(20(5)11-16)28(33)32(31,29(34)26-21(6)12-17(2)13-22(26)7)30(35)27-23(8)14-18(3)15-24(27)9/h10-15H,1-9H3. The van der Waals surface area contributed by atoms with E-state index in [1.807, 2.05) is 98.7 Å². The first-order chi connectivity index (χ1) is 16.2. The molecule has 0 saturated carbocycles. The minimum atomic E-state index is -4.84. The molecule has 0 spiro atoms. The molecule has 0 aliphatic heterocycles.